The van der Waals surface area contributed by atoms with Crippen molar-refractivity contribution in [2.45, 2.75) is 46.2 Å². The molecular formula is C15H27N3. The zero-order valence-electron chi connectivity index (χ0n) is 12.2. The van der Waals surface area contributed by atoms with E-state index in [4.69, 9.17) is 0 Å². The highest BCUT2D eigenvalue weighted by molar-refractivity contribution is 5.09. The van der Waals surface area contributed by atoms with Gasteiger partial charge in [-0.15, -0.1) is 0 Å². The van der Waals surface area contributed by atoms with Crippen molar-refractivity contribution in [2.75, 3.05) is 20.1 Å². The number of pyridine rings is 1. The highest BCUT2D eigenvalue weighted by atomic mass is 15.1. The molecule has 0 amide bonds. The summed E-state index contributed by atoms with van der Waals surface area (Å²) in [4.78, 5) is 6.87. The highest BCUT2D eigenvalue weighted by Gasteiger charge is 2.01. The molecule has 1 heterocycles. The molecule has 0 aliphatic carbocycles. The van der Waals surface area contributed by atoms with E-state index in [2.05, 4.69) is 48.2 Å². The molecule has 1 rings (SSSR count). The normalized spacial score (nSPS) is 11.4. The molecule has 3 heteroatoms. The van der Waals surface area contributed by atoms with E-state index in [0.717, 1.165) is 31.0 Å². The lowest BCUT2D eigenvalue weighted by molar-refractivity contribution is 0.313. The Kier molecular flexibility index (Phi) is 6.91. The Hall–Kier alpha value is -0.930. The minimum Gasteiger partial charge on any atom is -0.315 e. The van der Waals surface area contributed by atoms with Crippen LogP contribution in [-0.4, -0.2) is 36.1 Å². The van der Waals surface area contributed by atoms with Gasteiger partial charge >= 0.3 is 0 Å². The molecule has 0 unspecified atom stereocenters. The number of hydrogen-bond donors (Lipinski definition) is 1. The van der Waals surface area contributed by atoms with E-state index < -0.39 is 0 Å². The summed E-state index contributed by atoms with van der Waals surface area (Å²) < 4.78 is 0. The van der Waals surface area contributed by atoms with Gasteiger partial charge in [-0.1, -0.05) is 19.9 Å². The Labute approximate surface area is 112 Å². The molecule has 0 bridgehead atoms. The van der Waals surface area contributed by atoms with Crippen LogP contribution in [0.4, 0.5) is 0 Å². The van der Waals surface area contributed by atoms with Gasteiger partial charge in [0.05, 0.1) is 5.69 Å². The maximum atomic E-state index is 4.53. The first-order valence-corrected chi connectivity index (χ1v) is 6.92. The molecule has 0 fully saturated rings. The van der Waals surface area contributed by atoms with E-state index in [9.17, 15) is 0 Å². The molecule has 0 spiro atoms. The topological polar surface area (TPSA) is 28.2 Å². The van der Waals surface area contributed by atoms with Gasteiger partial charge in [0, 0.05) is 18.3 Å². The standard InChI is InChI=1S/C15H27N3/c1-13(2)16-10-5-6-11-18(4)12-15-9-7-8-14(3)17-15/h7-9,13,16H,5-6,10-12H2,1-4H3. The average molecular weight is 249 g/mol. The third-order valence-corrected chi connectivity index (χ3v) is 2.90. The van der Waals surface area contributed by atoms with Crippen LogP contribution in [0.3, 0.4) is 0 Å². The molecule has 0 aliphatic rings. The van der Waals surface area contributed by atoms with Gasteiger partial charge in [-0.2, -0.15) is 0 Å². The molecule has 0 radical (unpaired) electrons. The summed E-state index contributed by atoms with van der Waals surface area (Å²) in [6, 6.07) is 6.82. The van der Waals surface area contributed by atoms with Gasteiger partial charge in [0.1, 0.15) is 0 Å². The second kappa shape index (κ2) is 8.22. The van der Waals surface area contributed by atoms with Crippen molar-refractivity contribution in [3.05, 3.63) is 29.6 Å². The van der Waals surface area contributed by atoms with Crippen LogP contribution in [0.15, 0.2) is 18.2 Å². The van der Waals surface area contributed by atoms with Crippen molar-refractivity contribution in [1.29, 1.82) is 0 Å². The number of rotatable bonds is 8. The summed E-state index contributed by atoms with van der Waals surface area (Å²) in [6.07, 6.45) is 2.48. The van der Waals surface area contributed by atoms with Gasteiger partial charge in [-0.3, -0.25) is 4.98 Å². The van der Waals surface area contributed by atoms with E-state index in [1.807, 2.05) is 13.0 Å². The molecular weight excluding hydrogens is 222 g/mol. The Morgan fingerprint density at radius 2 is 2.06 bits per heavy atom. The first kappa shape index (κ1) is 15.1. The van der Waals surface area contributed by atoms with E-state index in [1.54, 1.807) is 0 Å². The van der Waals surface area contributed by atoms with Crippen molar-refractivity contribution < 1.29 is 0 Å². The van der Waals surface area contributed by atoms with E-state index in [0.29, 0.717) is 6.04 Å². The van der Waals surface area contributed by atoms with Gasteiger partial charge in [-0.05, 0) is 52.0 Å². The molecule has 0 saturated carbocycles. The number of nitrogens with zero attached hydrogens (tertiary/aromatic N) is 2. The quantitative estimate of drug-likeness (QED) is 0.718. The zero-order chi connectivity index (χ0) is 13.4. The second-order valence-electron chi connectivity index (χ2n) is 5.32. The third-order valence-electron chi connectivity index (χ3n) is 2.90. The fourth-order valence-corrected chi connectivity index (χ4v) is 1.94. The lowest BCUT2D eigenvalue weighted by atomic mass is 10.2. The monoisotopic (exact) mass is 249 g/mol. The molecule has 3 nitrogen and oxygen atoms in total. The van der Waals surface area contributed by atoms with Gasteiger partial charge in [0.25, 0.3) is 0 Å². The van der Waals surface area contributed by atoms with Crippen LogP contribution in [0.25, 0.3) is 0 Å². The molecule has 1 aromatic rings. The lowest BCUT2D eigenvalue weighted by Crippen LogP contribution is -2.25. The van der Waals surface area contributed by atoms with Crippen molar-refractivity contribution in [3.63, 3.8) is 0 Å². The molecule has 0 saturated heterocycles. The second-order valence-corrected chi connectivity index (χ2v) is 5.32. The molecule has 102 valence electrons. The fourth-order valence-electron chi connectivity index (χ4n) is 1.94. The number of aromatic nitrogens is 1. The van der Waals surface area contributed by atoms with Crippen LogP contribution < -0.4 is 5.32 Å². The Bertz CT molecular complexity index is 336. The van der Waals surface area contributed by atoms with Gasteiger partial charge in [-0.25, -0.2) is 0 Å². The zero-order valence-corrected chi connectivity index (χ0v) is 12.2. The van der Waals surface area contributed by atoms with E-state index in [-0.39, 0.29) is 0 Å². The first-order valence-electron chi connectivity index (χ1n) is 6.92. The Morgan fingerprint density at radius 3 is 2.72 bits per heavy atom. The van der Waals surface area contributed by atoms with Crippen molar-refractivity contribution in [2.24, 2.45) is 0 Å². The summed E-state index contributed by atoms with van der Waals surface area (Å²) in [5, 5.41) is 3.45. The average Bonchev–Trinajstić information content (AvgIpc) is 2.28. The third kappa shape index (κ3) is 6.72. The predicted octanol–water partition coefficient (Wildman–Crippen LogP) is 2.60. The van der Waals surface area contributed by atoms with Crippen molar-refractivity contribution in [3.8, 4) is 0 Å². The number of unbranched alkanes of at least 4 members (excludes halogenated alkanes) is 1. The largest absolute Gasteiger partial charge is 0.315 e. The molecule has 0 aromatic carbocycles. The number of aryl methyl sites for hydroxylation is 1. The first-order chi connectivity index (χ1) is 8.58. The molecule has 0 aliphatic heterocycles. The minimum absolute atomic E-state index is 0.597. The summed E-state index contributed by atoms with van der Waals surface area (Å²) in [7, 11) is 2.17. The van der Waals surface area contributed by atoms with Gasteiger partial charge < -0.3 is 10.2 Å². The maximum absolute atomic E-state index is 4.53. The van der Waals surface area contributed by atoms with Crippen LogP contribution in [0.2, 0.25) is 0 Å². The van der Waals surface area contributed by atoms with Crippen LogP contribution in [0, 0.1) is 6.92 Å². The highest BCUT2D eigenvalue weighted by Crippen LogP contribution is 2.03. The van der Waals surface area contributed by atoms with Gasteiger partial charge in [0.2, 0.25) is 0 Å². The summed E-state index contributed by atoms with van der Waals surface area (Å²) >= 11 is 0. The summed E-state index contributed by atoms with van der Waals surface area (Å²) in [5.74, 6) is 0. The minimum atomic E-state index is 0.597. The number of nitrogens with one attached hydrogen (secondary N) is 1. The number of hydrogen-bond acceptors (Lipinski definition) is 3. The van der Waals surface area contributed by atoms with E-state index in [1.165, 1.54) is 12.8 Å². The van der Waals surface area contributed by atoms with E-state index >= 15 is 0 Å². The molecule has 18 heavy (non-hydrogen) atoms. The van der Waals surface area contributed by atoms with Crippen molar-refractivity contribution >= 4 is 0 Å². The van der Waals surface area contributed by atoms with Crippen LogP contribution in [0.1, 0.15) is 38.1 Å². The van der Waals surface area contributed by atoms with Crippen molar-refractivity contribution in [1.82, 2.24) is 15.2 Å². The predicted molar refractivity (Wildman–Crippen MR) is 77.7 cm³/mol. The van der Waals surface area contributed by atoms with Gasteiger partial charge in [0.15, 0.2) is 0 Å². The van der Waals surface area contributed by atoms with Crippen LogP contribution in [0.5, 0.6) is 0 Å². The molecule has 0 atom stereocenters. The van der Waals surface area contributed by atoms with Crippen LogP contribution in [-0.2, 0) is 6.54 Å². The lowest BCUT2D eigenvalue weighted by Gasteiger charge is -2.16. The maximum Gasteiger partial charge on any atom is 0.0547 e. The smallest absolute Gasteiger partial charge is 0.0547 e. The summed E-state index contributed by atoms with van der Waals surface area (Å²) in [5.41, 5.74) is 2.26. The Morgan fingerprint density at radius 1 is 1.28 bits per heavy atom. The Balaban J connectivity index is 2.16. The summed E-state index contributed by atoms with van der Waals surface area (Å²) in [6.45, 7) is 9.62. The molecule has 1 N–H and O–H groups in total. The van der Waals surface area contributed by atoms with Crippen LogP contribution >= 0.6 is 0 Å². The fraction of sp³-hybridized carbons (Fsp3) is 0.667. The SMILES string of the molecule is Cc1cccc(CN(C)CCCCNC(C)C)n1. The molecule has 1 aromatic heterocycles.